The molecule has 1 aromatic heterocycles. The van der Waals surface area contributed by atoms with Crippen LogP contribution in [0, 0.1) is 0 Å². The first-order valence-corrected chi connectivity index (χ1v) is 10.0. The van der Waals surface area contributed by atoms with E-state index in [1.807, 2.05) is 19.2 Å². The molecular formula is C20H30IN7O. The number of halogens is 1. The predicted molar refractivity (Wildman–Crippen MR) is 125 cm³/mol. The van der Waals surface area contributed by atoms with E-state index in [1.54, 1.807) is 7.11 Å². The second-order valence-electron chi connectivity index (χ2n) is 7.19. The number of aryl methyl sites for hydroxylation is 1. The first-order chi connectivity index (χ1) is 13.8. The number of piperazine rings is 1. The van der Waals surface area contributed by atoms with Gasteiger partial charge in [0.1, 0.15) is 11.6 Å². The van der Waals surface area contributed by atoms with Gasteiger partial charge in [-0.3, -0.25) is 4.99 Å². The van der Waals surface area contributed by atoms with Gasteiger partial charge in [0.15, 0.2) is 11.8 Å². The molecule has 0 atom stereocenters. The highest BCUT2D eigenvalue weighted by atomic mass is 127. The lowest BCUT2D eigenvalue weighted by Gasteiger charge is -2.38. The number of rotatable bonds is 4. The summed E-state index contributed by atoms with van der Waals surface area (Å²) in [5.74, 6) is 3.97. The van der Waals surface area contributed by atoms with Gasteiger partial charge < -0.3 is 24.4 Å². The number of para-hydroxylation sites is 2. The van der Waals surface area contributed by atoms with E-state index in [0.717, 1.165) is 68.2 Å². The third-order valence-corrected chi connectivity index (χ3v) is 5.56. The Hall–Kier alpha value is -2.04. The van der Waals surface area contributed by atoms with Crippen molar-refractivity contribution in [3.8, 4) is 5.75 Å². The number of nitrogens with one attached hydrogen (secondary N) is 1. The molecule has 0 spiro atoms. The van der Waals surface area contributed by atoms with Gasteiger partial charge in [-0.05, 0) is 25.0 Å². The zero-order valence-electron chi connectivity index (χ0n) is 17.2. The number of hydrogen-bond acceptors (Lipinski definition) is 5. The Morgan fingerprint density at radius 1 is 1.10 bits per heavy atom. The lowest BCUT2D eigenvalue weighted by molar-refractivity contribution is 0.366. The summed E-state index contributed by atoms with van der Waals surface area (Å²) in [5, 5.41) is 12.2. The molecule has 0 amide bonds. The predicted octanol–water partition coefficient (Wildman–Crippen LogP) is 2.14. The second-order valence-corrected chi connectivity index (χ2v) is 7.19. The number of aromatic nitrogens is 3. The molecule has 9 heteroatoms. The van der Waals surface area contributed by atoms with Gasteiger partial charge in [0.25, 0.3) is 0 Å². The van der Waals surface area contributed by atoms with Crippen LogP contribution in [0.25, 0.3) is 0 Å². The number of fused-ring (bicyclic) bond motifs is 1. The number of nitrogens with zero attached hydrogens (tertiary/aromatic N) is 6. The van der Waals surface area contributed by atoms with Crippen LogP contribution in [0.15, 0.2) is 29.3 Å². The van der Waals surface area contributed by atoms with E-state index < -0.39 is 0 Å². The van der Waals surface area contributed by atoms with E-state index >= 15 is 0 Å². The summed E-state index contributed by atoms with van der Waals surface area (Å²) >= 11 is 0. The van der Waals surface area contributed by atoms with Crippen LogP contribution >= 0.6 is 24.0 Å². The zero-order chi connectivity index (χ0) is 19.3. The SMILES string of the molecule is CN=C(NCc1nnc2n1CCCC2)N1CCN(c2ccccc2OC)CC1.I. The molecule has 29 heavy (non-hydrogen) atoms. The molecule has 2 aliphatic heterocycles. The molecule has 1 aromatic carbocycles. The van der Waals surface area contributed by atoms with Gasteiger partial charge in [0.05, 0.1) is 19.3 Å². The van der Waals surface area contributed by atoms with E-state index in [4.69, 9.17) is 4.74 Å². The summed E-state index contributed by atoms with van der Waals surface area (Å²) in [4.78, 5) is 9.16. The maximum Gasteiger partial charge on any atom is 0.194 e. The molecule has 0 bridgehead atoms. The van der Waals surface area contributed by atoms with Crippen LogP contribution in [-0.2, 0) is 19.5 Å². The Bertz CT molecular complexity index is 830. The maximum absolute atomic E-state index is 5.51. The Labute approximate surface area is 189 Å². The van der Waals surface area contributed by atoms with Crippen LogP contribution in [0.4, 0.5) is 5.69 Å². The largest absolute Gasteiger partial charge is 0.495 e. The van der Waals surface area contributed by atoms with Crippen LogP contribution in [0.5, 0.6) is 5.75 Å². The Balaban J connectivity index is 0.00000240. The van der Waals surface area contributed by atoms with E-state index in [1.165, 1.54) is 12.8 Å². The number of benzene rings is 1. The third kappa shape index (κ3) is 4.76. The average Bonchev–Trinajstić information content (AvgIpc) is 3.18. The molecule has 2 aliphatic rings. The zero-order valence-corrected chi connectivity index (χ0v) is 19.5. The van der Waals surface area contributed by atoms with Gasteiger partial charge >= 0.3 is 0 Å². The average molecular weight is 511 g/mol. The van der Waals surface area contributed by atoms with Crippen LogP contribution in [-0.4, -0.2) is 66.0 Å². The summed E-state index contributed by atoms with van der Waals surface area (Å²) in [7, 11) is 3.57. The van der Waals surface area contributed by atoms with Crippen molar-refractivity contribution in [2.24, 2.45) is 4.99 Å². The van der Waals surface area contributed by atoms with Gasteiger partial charge in [-0.1, -0.05) is 12.1 Å². The highest BCUT2D eigenvalue weighted by Gasteiger charge is 2.22. The first kappa shape index (κ1) is 21.7. The minimum absolute atomic E-state index is 0. The number of aliphatic imine (C=N–C) groups is 1. The van der Waals surface area contributed by atoms with E-state index in [2.05, 4.69) is 47.0 Å². The fraction of sp³-hybridized carbons (Fsp3) is 0.550. The minimum Gasteiger partial charge on any atom is -0.495 e. The molecule has 4 rings (SSSR count). The van der Waals surface area contributed by atoms with Gasteiger partial charge in [-0.2, -0.15) is 0 Å². The molecule has 0 saturated carbocycles. The minimum atomic E-state index is 0. The topological polar surface area (TPSA) is 70.8 Å². The normalized spacial score (nSPS) is 16.8. The lowest BCUT2D eigenvalue weighted by Crippen LogP contribution is -2.52. The van der Waals surface area contributed by atoms with Gasteiger partial charge in [-0.25, -0.2) is 0 Å². The number of methoxy groups -OCH3 is 1. The molecule has 0 unspecified atom stereocenters. The van der Waals surface area contributed by atoms with Gasteiger partial charge in [-0.15, -0.1) is 34.2 Å². The van der Waals surface area contributed by atoms with Gasteiger partial charge in [0.2, 0.25) is 0 Å². The lowest BCUT2D eigenvalue weighted by atomic mass is 10.2. The maximum atomic E-state index is 5.51. The fourth-order valence-electron chi connectivity index (χ4n) is 4.04. The number of anilines is 1. The summed E-state index contributed by atoms with van der Waals surface area (Å²) < 4.78 is 7.77. The number of hydrogen-bond donors (Lipinski definition) is 1. The summed E-state index contributed by atoms with van der Waals surface area (Å²) in [6.45, 7) is 5.37. The van der Waals surface area contributed by atoms with Crippen molar-refractivity contribution >= 4 is 35.6 Å². The quantitative estimate of drug-likeness (QED) is 0.386. The number of guanidine groups is 1. The Kier molecular flexibility index (Phi) is 7.57. The molecule has 3 heterocycles. The van der Waals surface area contributed by atoms with E-state index in [0.29, 0.717) is 6.54 Å². The Morgan fingerprint density at radius 3 is 2.66 bits per heavy atom. The third-order valence-electron chi connectivity index (χ3n) is 5.56. The van der Waals surface area contributed by atoms with Crippen molar-refractivity contribution in [3.63, 3.8) is 0 Å². The summed E-state index contributed by atoms with van der Waals surface area (Å²) in [5.41, 5.74) is 1.16. The summed E-state index contributed by atoms with van der Waals surface area (Å²) in [6, 6.07) is 8.20. The van der Waals surface area contributed by atoms with Crippen molar-refractivity contribution < 1.29 is 4.74 Å². The van der Waals surface area contributed by atoms with E-state index in [9.17, 15) is 0 Å². The number of ether oxygens (including phenoxy) is 1. The standard InChI is InChI=1S/C20H29N7O.HI/c1-21-20(22-15-19-24-23-18-9-5-6-10-27(18)19)26-13-11-25(12-14-26)16-7-3-4-8-17(16)28-2;/h3-4,7-8H,5-6,9-15H2,1-2H3,(H,21,22);1H. The molecule has 1 N–H and O–H groups in total. The molecule has 0 aliphatic carbocycles. The molecule has 1 saturated heterocycles. The Morgan fingerprint density at radius 2 is 1.90 bits per heavy atom. The highest BCUT2D eigenvalue weighted by Crippen LogP contribution is 2.28. The van der Waals surface area contributed by atoms with Crippen LogP contribution < -0.4 is 15.0 Å². The molecule has 1 fully saturated rings. The molecular weight excluding hydrogens is 481 g/mol. The van der Waals surface area contributed by atoms with Crippen LogP contribution in [0.2, 0.25) is 0 Å². The smallest absolute Gasteiger partial charge is 0.194 e. The van der Waals surface area contributed by atoms with Crippen molar-refractivity contribution in [1.29, 1.82) is 0 Å². The van der Waals surface area contributed by atoms with Crippen molar-refractivity contribution in [3.05, 3.63) is 35.9 Å². The molecule has 158 valence electrons. The van der Waals surface area contributed by atoms with Crippen LogP contribution in [0.1, 0.15) is 24.5 Å². The molecule has 2 aromatic rings. The van der Waals surface area contributed by atoms with E-state index in [-0.39, 0.29) is 24.0 Å². The first-order valence-electron chi connectivity index (χ1n) is 10.0. The van der Waals surface area contributed by atoms with Crippen molar-refractivity contribution in [1.82, 2.24) is 25.0 Å². The molecule has 0 radical (unpaired) electrons. The van der Waals surface area contributed by atoms with Crippen molar-refractivity contribution in [2.75, 3.05) is 45.2 Å². The monoisotopic (exact) mass is 511 g/mol. The molecule has 8 nitrogen and oxygen atoms in total. The highest BCUT2D eigenvalue weighted by molar-refractivity contribution is 14.0. The fourth-order valence-corrected chi connectivity index (χ4v) is 4.04. The van der Waals surface area contributed by atoms with Crippen LogP contribution in [0.3, 0.4) is 0 Å². The van der Waals surface area contributed by atoms with Crippen molar-refractivity contribution in [2.45, 2.75) is 32.4 Å². The summed E-state index contributed by atoms with van der Waals surface area (Å²) in [6.07, 6.45) is 3.45. The second kappa shape index (κ2) is 10.1. The van der Waals surface area contributed by atoms with Gasteiger partial charge in [0, 0.05) is 46.2 Å².